The Labute approximate surface area is 166 Å². The first kappa shape index (κ1) is 20.5. The summed E-state index contributed by atoms with van der Waals surface area (Å²) in [7, 11) is -0.776. The van der Waals surface area contributed by atoms with Gasteiger partial charge < -0.3 is 14.2 Å². The van der Waals surface area contributed by atoms with E-state index in [4.69, 9.17) is 14.2 Å². The normalized spacial score (nSPS) is 18.1. The lowest BCUT2D eigenvalue weighted by molar-refractivity contribution is 0.0260. The van der Waals surface area contributed by atoms with E-state index >= 15 is 0 Å². The minimum Gasteiger partial charge on any atom is -0.493 e. The number of sulfonamides is 1. The van der Waals surface area contributed by atoms with Crippen molar-refractivity contribution in [3.8, 4) is 17.2 Å². The molecule has 0 unspecified atom stereocenters. The minimum absolute atomic E-state index is 0.132. The van der Waals surface area contributed by atoms with Gasteiger partial charge in [0.25, 0.3) is 0 Å². The first-order chi connectivity index (χ1) is 13.4. The number of hydrogen-bond donors (Lipinski definition) is 1. The van der Waals surface area contributed by atoms with E-state index in [0.29, 0.717) is 17.9 Å². The van der Waals surface area contributed by atoms with Gasteiger partial charge in [0.05, 0.1) is 25.2 Å². The summed E-state index contributed by atoms with van der Waals surface area (Å²) in [6, 6.07) is 11.8. The maximum atomic E-state index is 13.1. The molecular formula is C21H27NO5S. The number of ether oxygens (including phenoxy) is 3. The van der Waals surface area contributed by atoms with E-state index in [9.17, 15) is 8.42 Å². The van der Waals surface area contributed by atoms with Crippen LogP contribution in [0.15, 0.2) is 47.4 Å². The highest BCUT2D eigenvalue weighted by Gasteiger charge is 2.40. The number of benzene rings is 2. The third-order valence-electron chi connectivity index (χ3n) is 5.45. The highest BCUT2D eigenvalue weighted by atomic mass is 32.2. The standard InChI is InChI=1S/C21H27NO5S/c1-5-21(6-2)14-17(16-9-7-8-10-18(16)27-21)22-28(23,24)15-11-12-19(25-3)20(13-15)26-4/h7-13,17,22H,5-6,14H2,1-4H3/t17-/m0/s1. The largest absolute Gasteiger partial charge is 0.493 e. The van der Waals surface area contributed by atoms with Gasteiger partial charge >= 0.3 is 0 Å². The second-order valence-corrected chi connectivity index (χ2v) is 8.64. The molecule has 1 aliphatic heterocycles. The lowest BCUT2D eigenvalue weighted by Gasteiger charge is -2.41. The zero-order valence-corrected chi connectivity index (χ0v) is 17.5. The van der Waals surface area contributed by atoms with E-state index < -0.39 is 10.0 Å². The van der Waals surface area contributed by atoms with Gasteiger partial charge in [0.2, 0.25) is 10.0 Å². The molecule has 0 radical (unpaired) electrons. The van der Waals surface area contributed by atoms with Crippen LogP contribution in [-0.2, 0) is 10.0 Å². The van der Waals surface area contributed by atoms with Gasteiger partial charge in [-0.15, -0.1) is 0 Å². The maximum absolute atomic E-state index is 13.1. The summed E-state index contributed by atoms with van der Waals surface area (Å²) in [5.74, 6) is 1.58. The van der Waals surface area contributed by atoms with E-state index in [1.165, 1.54) is 26.4 Å². The van der Waals surface area contributed by atoms with Crippen LogP contribution < -0.4 is 18.9 Å². The van der Waals surface area contributed by atoms with E-state index in [1.54, 1.807) is 6.07 Å². The van der Waals surface area contributed by atoms with Crippen LogP contribution in [0.2, 0.25) is 0 Å². The van der Waals surface area contributed by atoms with Gasteiger partial charge in [-0.25, -0.2) is 13.1 Å². The SMILES string of the molecule is CCC1(CC)C[C@H](NS(=O)(=O)c2ccc(OC)c(OC)c2)c2ccccc2O1. The monoisotopic (exact) mass is 405 g/mol. The third kappa shape index (κ3) is 3.82. The summed E-state index contributed by atoms with van der Waals surface area (Å²) >= 11 is 0. The summed E-state index contributed by atoms with van der Waals surface area (Å²) in [6.45, 7) is 4.13. The molecule has 28 heavy (non-hydrogen) atoms. The van der Waals surface area contributed by atoms with Crippen molar-refractivity contribution >= 4 is 10.0 Å². The van der Waals surface area contributed by atoms with E-state index in [-0.39, 0.29) is 16.5 Å². The van der Waals surface area contributed by atoms with Crippen LogP contribution in [0.3, 0.4) is 0 Å². The molecule has 3 rings (SSSR count). The molecule has 0 saturated carbocycles. The Morgan fingerprint density at radius 3 is 2.39 bits per heavy atom. The first-order valence-electron chi connectivity index (χ1n) is 9.40. The number of hydrogen-bond acceptors (Lipinski definition) is 5. The highest BCUT2D eigenvalue weighted by molar-refractivity contribution is 7.89. The molecular weight excluding hydrogens is 378 g/mol. The van der Waals surface area contributed by atoms with Crippen molar-refractivity contribution in [1.29, 1.82) is 0 Å². The molecule has 1 atom stereocenters. The van der Waals surface area contributed by atoms with Crippen LogP contribution in [0.5, 0.6) is 17.2 Å². The molecule has 6 nitrogen and oxygen atoms in total. The van der Waals surface area contributed by atoms with E-state index in [1.807, 2.05) is 24.3 Å². The number of methoxy groups -OCH3 is 2. The van der Waals surface area contributed by atoms with Crippen molar-refractivity contribution < 1.29 is 22.6 Å². The van der Waals surface area contributed by atoms with Crippen molar-refractivity contribution in [3.05, 3.63) is 48.0 Å². The molecule has 0 fully saturated rings. The van der Waals surface area contributed by atoms with Crippen LogP contribution in [0.1, 0.15) is 44.7 Å². The van der Waals surface area contributed by atoms with Crippen LogP contribution in [0.4, 0.5) is 0 Å². The predicted molar refractivity (Wildman–Crippen MR) is 108 cm³/mol. The van der Waals surface area contributed by atoms with Crippen molar-refractivity contribution in [3.63, 3.8) is 0 Å². The second kappa shape index (κ2) is 8.01. The summed E-state index contributed by atoms with van der Waals surface area (Å²) < 4.78 is 45.8. The van der Waals surface area contributed by atoms with Gasteiger partial charge in [0.15, 0.2) is 11.5 Å². The molecule has 1 N–H and O–H groups in total. The van der Waals surface area contributed by atoms with Crippen LogP contribution >= 0.6 is 0 Å². The molecule has 2 aromatic rings. The Kier molecular flexibility index (Phi) is 5.86. The molecule has 7 heteroatoms. The maximum Gasteiger partial charge on any atom is 0.241 e. The van der Waals surface area contributed by atoms with Crippen molar-refractivity contribution in [2.24, 2.45) is 0 Å². The number of rotatable bonds is 7. The van der Waals surface area contributed by atoms with Crippen LogP contribution in [0, 0.1) is 0 Å². The summed E-state index contributed by atoms with van der Waals surface area (Å²) in [4.78, 5) is 0.132. The Balaban J connectivity index is 1.97. The Bertz CT molecular complexity index is 938. The van der Waals surface area contributed by atoms with Gasteiger partial charge in [-0.3, -0.25) is 0 Å². The van der Waals surface area contributed by atoms with Crippen LogP contribution in [-0.4, -0.2) is 28.2 Å². The molecule has 1 aliphatic rings. The van der Waals surface area contributed by atoms with E-state index in [2.05, 4.69) is 18.6 Å². The average Bonchev–Trinajstić information content (AvgIpc) is 2.72. The van der Waals surface area contributed by atoms with Gasteiger partial charge in [0, 0.05) is 18.1 Å². The molecule has 152 valence electrons. The van der Waals surface area contributed by atoms with Gasteiger partial charge in [-0.1, -0.05) is 32.0 Å². The van der Waals surface area contributed by atoms with Crippen molar-refractivity contribution in [1.82, 2.24) is 4.72 Å². The van der Waals surface area contributed by atoms with Crippen LogP contribution in [0.25, 0.3) is 0 Å². The highest BCUT2D eigenvalue weighted by Crippen LogP contribution is 2.43. The number of nitrogens with one attached hydrogen (secondary N) is 1. The van der Waals surface area contributed by atoms with Crippen molar-refractivity contribution in [2.45, 2.75) is 49.6 Å². The molecule has 2 aromatic carbocycles. The fourth-order valence-corrected chi connectivity index (χ4v) is 4.88. The molecule has 1 heterocycles. The van der Waals surface area contributed by atoms with Gasteiger partial charge in [0.1, 0.15) is 11.4 Å². The quantitative estimate of drug-likeness (QED) is 0.752. The molecule has 0 saturated heterocycles. The lowest BCUT2D eigenvalue weighted by atomic mass is 9.84. The Morgan fingerprint density at radius 2 is 1.75 bits per heavy atom. The molecule has 0 amide bonds. The molecule has 0 aromatic heterocycles. The predicted octanol–water partition coefficient (Wildman–Crippen LogP) is 4.06. The lowest BCUT2D eigenvalue weighted by Crippen LogP contribution is -2.44. The summed E-state index contributed by atoms with van der Waals surface area (Å²) in [5.41, 5.74) is 0.461. The third-order valence-corrected chi connectivity index (χ3v) is 6.92. The first-order valence-corrected chi connectivity index (χ1v) is 10.9. The average molecular weight is 406 g/mol. The Morgan fingerprint density at radius 1 is 1.07 bits per heavy atom. The smallest absolute Gasteiger partial charge is 0.241 e. The number of fused-ring (bicyclic) bond motifs is 1. The van der Waals surface area contributed by atoms with Gasteiger partial charge in [-0.2, -0.15) is 0 Å². The van der Waals surface area contributed by atoms with Gasteiger partial charge in [-0.05, 0) is 31.0 Å². The minimum atomic E-state index is -3.77. The zero-order chi connectivity index (χ0) is 20.4. The fraction of sp³-hybridized carbons (Fsp3) is 0.429. The zero-order valence-electron chi connectivity index (χ0n) is 16.7. The molecule has 0 aliphatic carbocycles. The molecule has 0 bridgehead atoms. The number of para-hydroxylation sites is 1. The fourth-order valence-electron chi connectivity index (χ4n) is 3.65. The Hall–Kier alpha value is -2.25. The van der Waals surface area contributed by atoms with E-state index in [0.717, 1.165) is 24.2 Å². The van der Waals surface area contributed by atoms with Crippen molar-refractivity contribution in [2.75, 3.05) is 14.2 Å². The summed E-state index contributed by atoms with van der Waals surface area (Å²) in [6.07, 6.45) is 2.17. The summed E-state index contributed by atoms with van der Waals surface area (Å²) in [5, 5.41) is 0. The topological polar surface area (TPSA) is 73.9 Å². The molecule has 0 spiro atoms. The second-order valence-electron chi connectivity index (χ2n) is 6.92.